The van der Waals surface area contributed by atoms with Gasteiger partial charge in [0.1, 0.15) is 0 Å². The summed E-state index contributed by atoms with van der Waals surface area (Å²) < 4.78 is 5.10. The smallest absolute Gasteiger partial charge is 0.289 e. The Bertz CT molecular complexity index is 342. The fraction of sp³-hybridized carbons (Fsp3) is 0.615. The van der Waals surface area contributed by atoms with Crippen LogP contribution in [0, 0.1) is 0 Å². The third-order valence-corrected chi connectivity index (χ3v) is 3.30. The maximum atomic E-state index is 11.9. The van der Waals surface area contributed by atoms with Crippen molar-refractivity contribution >= 4 is 5.91 Å². The molecule has 0 spiro atoms. The third kappa shape index (κ3) is 3.33. The van der Waals surface area contributed by atoms with E-state index in [2.05, 4.69) is 5.32 Å². The molecule has 2 rings (SSSR count). The van der Waals surface area contributed by atoms with Crippen LogP contribution in [0.15, 0.2) is 22.8 Å². The van der Waals surface area contributed by atoms with Gasteiger partial charge in [-0.15, -0.1) is 0 Å². The van der Waals surface area contributed by atoms with Crippen LogP contribution < -0.4 is 5.32 Å². The molecule has 1 saturated heterocycles. The molecular weight excluding hydrogens is 216 g/mol. The zero-order valence-electron chi connectivity index (χ0n) is 10.3. The van der Waals surface area contributed by atoms with Crippen LogP contribution in [0.1, 0.15) is 36.2 Å². The van der Waals surface area contributed by atoms with Gasteiger partial charge in [-0.25, -0.2) is 0 Å². The van der Waals surface area contributed by atoms with Crippen LogP contribution in [0.3, 0.4) is 0 Å². The van der Waals surface area contributed by atoms with Gasteiger partial charge in [0.2, 0.25) is 0 Å². The van der Waals surface area contributed by atoms with Crippen LogP contribution >= 0.6 is 0 Å². The van der Waals surface area contributed by atoms with Crippen molar-refractivity contribution in [1.29, 1.82) is 0 Å². The SMILES string of the molecule is CN(CCC1CCCCN1)C(=O)c1ccco1. The normalized spacial score (nSPS) is 20.2. The van der Waals surface area contributed by atoms with Crippen molar-refractivity contribution in [3.05, 3.63) is 24.2 Å². The number of piperidine rings is 1. The minimum atomic E-state index is -0.0363. The Morgan fingerprint density at radius 1 is 1.59 bits per heavy atom. The number of hydrogen-bond acceptors (Lipinski definition) is 3. The van der Waals surface area contributed by atoms with Crippen LogP contribution in [0.2, 0.25) is 0 Å². The Labute approximate surface area is 102 Å². The quantitative estimate of drug-likeness (QED) is 0.868. The first-order chi connectivity index (χ1) is 8.27. The molecular formula is C13H20N2O2. The minimum absolute atomic E-state index is 0.0363. The van der Waals surface area contributed by atoms with Gasteiger partial charge < -0.3 is 14.6 Å². The molecule has 1 aromatic heterocycles. The van der Waals surface area contributed by atoms with Crippen LogP contribution in [0.25, 0.3) is 0 Å². The molecule has 0 saturated carbocycles. The Kier molecular flexibility index (Phi) is 4.20. The molecule has 1 fully saturated rings. The van der Waals surface area contributed by atoms with Gasteiger partial charge in [0, 0.05) is 19.6 Å². The fourth-order valence-electron chi connectivity index (χ4n) is 2.21. The summed E-state index contributed by atoms with van der Waals surface area (Å²) >= 11 is 0. The maximum Gasteiger partial charge on any atom is 0.289 e. The second-order valence-corrected chi connectivity index (χ2v) is 4.64. The largest absolute Gasteiger partial charge is 0.459 e. The first kappa shape index (κ1) is 12.2. The van der Waals surface area contributed by atoms with Gasteiger partial charge in [-0.2, -0.15) is 0 Å². The van der Waals surface area contributed by atoms with E-state index in [4.69, 9.17) is 4.42 Å². The van der Waals surface area contributed by atoms with E-state index in [1.165, 1.54) is 25.5 Å². The van der Waals surface area contributed by atoms with Gasteiger partial charge >= 0.3 is 0 Å². The summed E-state index contributed by atoms with van der Waals surface area (Å²) in [5, 5.41) is 3.49. The highest BCUT2D eigenvalue weighted by Gasteiger charge is 2.17. The van der Waals surface area contributed by atoms with Crippen molar-refractivity contribution in [3.63, 3.8) is 0 Å². The lowest BCUT2D eigenvalue weighted by molar-refractivity contribution is 0.0756. The number of carbonyl (C=O) groups excluding carboxylic acids is 1. The van der Waals surface area contributed by atoms with Gasteiger partial charge in [0.05, 0.1) is 6.26 Å². The zero-order chi connectivity index (χ0) is 12.1. The standard InChI is InChI=1S/C13H20N2O2/c1-15(13(16)12-6-4-10-17-12)9-7-11-5-2-3-8-14-11/h4,6,10-11,14H,2-3,5,7-9H2,1H3. The summed E-state index contributed by atoms with van der Waals surface area (Å²) in [5.41, 5.74) is 0. The Hall–Kier alpha value is -1.29. The summed E-state index contributed by atoms with van der Waals surface area (Å²) in [6.07, 6.45) is 6.35. The van der Waals surface area contributed by atoms with E-state index < -0.39 is 0 Å². The van der Waals surface area contributed by atoms with Crippen LogP contribution in [-0.2, 0) is 0 Å². The zero-order valence-corrected chi connectivity index (χ0v) is 10.3. The van der Waals surface area contributed by atoms with Crippen molar-refractivity contribution in [1.82, 2.24) is 10.2 Å². The molecule has 1 aliphatic heterocycles. The van der Waals surface area contributed by atoms with E-state index >= 15 is 0 Å². The van der Waals surface area contributed by atoms with Gasteiger partial charge in [0.15, 0.2) is 5.76 Å². The third-order valence-electron chi connectivity index (χ3n) is 3.30. The molecule has 1 unspecified atom stereocenters. The molecule has 4 heteroatoms. The second-order valence-electron chi connectivity index (χ2n) is 4.64. The molecule has 1 atom stereocenters. The van der Waals surface area contributed by atoms with Crippen molar-refractivity contribution in [3.8, 4) is 0 Å². The highest BCUT2D eigenvalue weighted by molar-refractivity contribution is 5.91. The summed E-state index contributed by atoms with van der Waals surface area (Å²) in [4.78, 5) is 13.6. The van der Waals surface area contributed by atoms with E-state index in [9.17, 15) is 4.79 Å². The van der Waals surface area contributed by atoms with E-state index in [1.54, 1.807) is 17.0 Å². The highest BCUT2D eigenvalue weighted by atomic mass is 16.3. The predicted molar refractivity (Wildman–Crippen MR) is 65.9 cm³/mol. The summed E-state index contributed by atoms with van der Waals surface area (Å²) in [6, 6.07) is 4.01. The predicted octanol–water partition coefficient (Wildman–Crippen LogP) is 1.88. The van der Waals surface area contributed by atoms with Crippen molar-refractivity contribution in [2.75, 3.05) is 20.1 Å². The molecule has 4 nitrogen and oxygen atoms in total. The first-order valence-electron chi connectivity index (χ1n) is 6.30. The molecule has 17 heavy (non-hydrogen) atoms. The van der Waals surface area contributed by atoms with Gasteiger partial charge in [-0.3, -0.25) is 4.79 Å². The fourth-order valence-corrected chi connectivity index (χ4v) is 2.21. The molecule has 1 aromatic rings. The molecule has 1 amide bonds. The first-order valence-corrected chi connectivity index (χ1v) is 6.30. The van der Waals surface area contributed by atoms with Crippen molar-refractivity contribution in [2.45, 2.75) is 31.7 Å². The van der Waals surface area contributed by atoms with E-state index in [-0.39, 0.29) is 5.91 Å². The van der Waals surface area contributed by atoms with E-state index in [0.717, 1.165) is 19.5 Å². The van der Waals surface area contributed by atoms with Gasteiger partial charge in [-0.1, -0.05) is 6.42 Å². The lowest BCUT2D eigenvalue weighted by Crippen LogP contribution is -2.38. The summed E-state index contributed by atoms with van der Waals surface area (Å²) in [6.45, 7) is 1.89. The topological polar surface area (TPSA) is 45.5 Å². The number of furan rings is 1. The van der Waals surface area contributed by atoms with Crippen LogP contribution in [0.5, 0.6) is 0 Å². The maximum absolute atomic E-state index is 11.9. The molecule has 2 heterocycles. The lowest BCUT2D eigenvalue weighted by Gasteiger charge is -2.25. The van der Waals surface area contributed by atoms with Crippen molar-refractivity contribution < 1.29 is 9.21 Å². The van der Waals surface area contributed by atoms with Gasteiger partial charge in [-0.05, 0) is 37.9 Å². The Morgan fingerprint density at radius 2 is 2.47 bits per heavy atom. The number of carbonyl (C=O) groups is 1. The number of rotatable bonds is 4. The monoisotopic (exact) mass is 236 g/mol. The summed E-state index contributed by atoms with van der Waals surface area (Å²) in [5.74, 6) is 0.384. The van der Waals surface area contributed by atoms with Crippen LogP contribution in [-0.4, -0.2) is 37.0 Å². The molecule has 1 N–H and O–H groups in total. The average molecular weight is 236 g/mol. The lowest BCUT2D eigenvalue weighted by atomic mass is 10.0. The van der Waals surface area contributed by atoms with E-state index in [0.29, 0.717) is 11.8 Å². The molecule has 0 aromatic carbocycles. The molecule has 0 radical (unpaired) electrons. The minimum Gasteiger partial charge on any atom is -0.459 e. The molecule has 0 aliphatic carbocycles. The number of hydrogen-bond donors (Lipinski definition) is 1. The molecule has 94 valence electrons. The van der Waals surface area contributed by atoms with Crippen molar-refractivity contribution in [2.24, 2.45) is 0 Å². The number of amides is 1. The highest BCUT2D eigenvalue weighted by Crippen LogP contribution is 2.11. The second kappa shape index (κ2) is 5.87. The molecule has 0 bridgehead atoms. The average Bonchev–Trinajstić information content (AvgIpc) is 2.90. The van der Waals surface area contributed by atoms with Gasteiger partial charge in [0.25, 0.3) is 5.91 Å². The Morgan fingerprint density at radius 3 is 3.12 bits per heavy atom. The summed E-state index contributed by atoms with van der Waals surface area (Å²) in [7, 11) is 1.83. The Balaban J connectivity index is 1.76. The number of nitrogens with one attached hydrogen (secondary N) is 1. The van der Waals surface area contributed by atoms with Crippen LogP contribution in [0.4, 0.5) is 0 Å². The number of nitrogens with zero attached hydrogens (tertiary/aromatic N) is 1. The molecule has 1 aliphatic rings. The van der Waals surface area contributed by atoms with E-state index in [1.807, 2.05) is 7.05 Å².